The first kappa shape index (κ1) is 58.6. The molecule has 0 bridgehead atoms. The summed E-state index contributed by atoms with van der Waals surface area (Å²) in [6, 6.07) is 9.53. The second-order valence-corrected chi connectivity index (χ2v) is 22.3. The molecule has 0 unspecified atom stereocenters. The molecule has 400 valence electrons. The number of rotatable bonds is 12. The number of carbonyl (C=O) groups is 2. The van der Waals surface area contributed by atoms with E-state index in [1.807, 2.05) is 91.1 Å². The summed E-state index contributed by atoms with van der Waals surface area (Å²) in [5.74, 6) is -4.10. The van der Waals surface area contributed by atoms with Crippen molar-refractivity contribution in [2.75, 3.05) is 27.9 Å². The van der Waals surface area contributed by atoms with Gasteiger partial charge in [-0.2, -0.15) is 0 Å². The van der Waals surface area contributed by atoms with E-state index in [1.54, 1.807) is 41.0 Å². The minimum absolute atomic E-state index is 0.0437. The number of hydrogen-bond acceptors (Lipinski definition) is 15. The van der Waals surface area contributed by atoms with Crippen molar-refractivity contribution in [2.24, 2.45) is 28.7 Å². The maximum Gasteiger partial charge on any atom is 0.311 e. The molecule has 3 aliphatic rings. The lowest BCUT2D eigenvalue weighted by Crippen LogP contribution is -2.63. The van der Waals surface area contributed by atoms with Gasteiger partial charge in [-0.05, 0) is 112 Å². The number of carbonyl (C=O) groups excluding carboxylic acids is 2. The van der Waals surface area contributed by atoms with E-state index in [0.29, 0.717) is 12.1 Å². The molecule has 5 rings (SSSR count). The monoisotopic (exact) mass is 998 g/mol. The van der Waals surface area contributed by atoms with Gasteiger partial charge in [-0.3, -0.25) is 19.5 Å². The smallest absolute Gasteiger partial charge is 0.311 e. The molecule has 3 N–H and O–H groups in total. The van der Waals surface area contributed by atoms with Crippen molar-refractivity contribution < 1.29 is 62.8 Å². The third-order valence-electron chi connectivity index (χ3n) is 15.7. The zero-order chi connectivity index (χ0) is 53.0. The fourth-order valence-corrected chi connectivity index (χ4v) is 11.2. The van der Waals surface area contributed by atoms with Crippen molar-refractivity contribution in [2.45, 2.75) is 212 Å². The zero-order valence-corrected chi connectivity index (χ0v) is 45.6. The highest BCUT2D eigenvalue weighted by atomic mass is 16.7. The lowest BCUT2D eigenvalue weighted by atomic mass is 9.73. The Morgan fingerprint density at radius 2 is 1.62 bits per heavy atom. The standard InChI is InChI=1S/C55H87N3O13/c1-18-42-55(14,63)49(66-25-21-22-38-27-39-23-19-20-24-40(39)56-30-38)33(4)44(57-37(8)59)31(2)28-54(13,65-17)48(71-51-45(60)41(26-32(3)67-51)58(15)52(9,10)11)34(5)46(35(6)50(62)69-42)70-43-29-53(12,64-16)47(61)36(7)68-43/h19-24,27,30-36,41-43,45-49,51,60-61,63H,18,25-26,28-29H2,1-17H3/b22-21+,57-44?/t31-,32-,33+,34+,35-,36+,41+,42-,43+,45-,46+,47+,48-,49-,51+,53-,54-,55-/m1/s1. The Morgan fingerprint density at radius 3 is 2.24 bits per heavy atom. The normalized spacial score (nSPS) is 40.0. The minimum Gasteiger partial charge on any atom is -0.459 e. The van der Waals surface area contributed by atoms with Gasteiger partial charge in [0.05, 0.1) is 59.8 Å². The second-order valence-electron chi connectivity index (χ2n) is 22.3. The number of cyclic esters (lactones) is 1. The SMILES string of the molecule is CC[C@H]1OC(=O)[C@H](C)[C@@H](O[C@H]2C[C@@](C)(OC)[C@@H](O)[C@H](C)O2)[C@H](C)[C@@H](O[C@@H]2O[C@H](C)C[C@H](N(C)C(C)(C)C)[C@H]2O)[C@](C)(OC)C[C@@H](C)C(=NC(C)=O)[C@H](C)[C@@H](OC/C=C/c2cnc3ccccc3c2)[C@]1(C)O. The van der Waals surface area contributed by atoms with Crippen molar-refractivity contribution >= 4 is 34.6 Å². The summed E-state index contributed by atoms with van der Waals surface area (Å²) >= 11 is 0. The predicted octanol–water partition coefficient (Wildman–Crippen LogP) is 7.31. The average molecular weight is 998 g/mol. The Hall–Kier alpha value is -3.26. The molecular weight excluding hydrogens is 911 g/mol. The largest absolute Gasteiger partial charge is 0.459 e. The van der Waals surface area contributed by atoms with Crippen LogP contribution in [-0.4, -0.2) is 160 Å². The van der Waals surface area contributed by atoms with Crippen LogP contribution in [-0.2, 0) is 47.5 Å². The molecule has 3 aliphatic heterocycles. The maximum absolute atomic E-state index is 14.9. The van der Waals surface area contributed by atoms with Crippen molar-refractivity contribution in [1.82, 2.24) is 9.88 Å². The molecule has 16 nitrogen and oxygen atoms in total. The number of aliphatic hydroxyl groups is 3. The van der Waals surface area contributed by atoms with Crippen LogP contribution in [0, 0.1) is 23.7 Å². The number of amides is 1. The van der Waals surface area contributed by atoms with E-state index in [9.17, 15) is 24.9 Å². The van der Waals surface area contributed by atoms with E-state index < -0.39 is 108 Å². The van der Waals surface area contributed by atoms with Crippen LogP contribution in [0.5, 0.6) is 0 Å². The van der Waals surface area contributed by atoms with E-state index in [1.165, 1.54) is 14.0 Å². The fourth-order valence-electron chi connectivity index (χ4n) is 11.2. The van der Waals surface area contributed by atoms with Crippen molar-refractivity contribution in [3.63, 3.8) is 0 Å². The highest BCUT2D eigenvalue weighted by Crippen LogP contribution is 2.43. The highest BCUT2D eigenvalue weighted by molar-refractivity contribution is 5.98. The van der Waals surface area contributed by atoms with E-state index in [0.717, 1.165) is 16.5 Å². The Labute approximate surface area is 423 Å². The number of hydrogen-bond donors (Lipinski definition) is 3. The van der Waals surface area contributed by atoms with Gasteiger partial charge in [0.15, 0.2) is 12.6 Å². The van der Waals surface area contributed by atoms with Crippen LogP contribution in [0.2, 0.25) is 0 Å². The van der Waals surface area contributed by atoms with Crippen molar-refractivity contribution in [3.05, 3.63) is 48.2 Å². The van der Waals surface area contributed by atoms with Crippen molar-refractivity contribution in [1.29, 1.82) is 0 Å². The number of nitrogens with zero attached hydrogens (tertiary/aromatic N) is 3. The van der Waals surface area contributed by atoms with Gasteiger partial charge < -0.3 is 53.2 Å². The zero-order valence-electron chi connectivity index (χ0n) is 45.6. The molecule has 1 aromatic carbocycles. The molecule has 0 spiro atoms. The van der Waals surface area contributed by atoms with Gasteiger partial charge in [-0.15, -0.1) is 0 Å². The number of fused-ring (bicyclic) bond motifs is 1. The number of pyridine rings is 1. The molecule has 1 aromatic heterocycles. The first-order valence-corrected chi connectivity index (χ1v) is 25.6. The molecule has 0 radical (unpaired) electrons. The number of esters is 1. The quantitative estimate of drug-likeness (QED) is 0.179. The van der Waals surface area contributed by atoms with E-state index in [-0.39, 0.29) is 43.6 Å². The molecule has 1 amide bonds. The number of methoxy groups -OCH3 is 2. The maximum atomic E-state index is 14.9. The van der Waals surface area contributed by atoms with Crippen LogP contribution in [0.1, 0.15) is 128 Å². The summed E-state index contributed by atoms with van der Waals surface area (Å²) in [4.78, 5) is 39.5. The van der Waals surface area contributed by atoms with Gasteiger partial charge in [-0.25, -0.2) is 4.99 Å². The lowest BCUT2D eigenvalue weighted by molar-refractivity contribution is -0.320. The van der Waals surface area contributed by atoms with Crippen LogP contribution in [0.4, 0.5) is 0 Å². The summed E-state index contributed by atoms with van der Waals surface area (Å²) in [6.07, 6.45) is -2.81. The van der Waals surface area contributed by atoms with Gasteiger partial charge in [0.2, 0.25) is 5.91 Å². The number of aliphatic imine (C=N–C) groups is 1. The van der Waals surface area contributed by atoms with Crippen LogP contribution in [0.15, 0.2) is 47.6 Å². The number of aromatic nitrogens is 1. The Balaban J connectivity index is 1.65. The molecule has 4 heterocycles. The summed E-state index contributed by atoms with van der Waals surface area (Å²) in [6.45, 7) is 25.9. The minimum atomic E-state index is -1.83. The molecule has 71 heavy (non-hydrogen) atoms. The number of aliphatic hydroxyl groups excluding tert-OH is 2. The first-order chi connectivity index (χ1) is 33.1. The Kier molecular flexibility index (Phi) is 19.8. The second kappa shape index (κ2) is 24.0. The summed E-state index contributed by atoms with van der Waals surface area (Å²) < 4.78 is 52.5. The molecule has 0 saturated carbocycles. The Morgan fingerprint density at radius 1 is 0.958 bits per heavy atom. The van der Waals surface area contributed by atoms with E-state index >= 15 is 0 Å². The van der Waals surface area contributed by atoms with Gasteiger partial charge in [0.1, 0.15) is 23.9 Å². The molecule has 2 aromatic rings. The molecule has 16 heteroatoms. The predicted molar refractivity (Wildman–Crippen MR) is 272 cm³/mol. The summed E-state index contributed by atoms with van der Waals surface area (Å²) in [5, 5.41) is 37.3. The third kappa shape index (κ3) is 13.5. The Bertz CT molecular complexity index is 2150. The molecule has 3 fully saturated rings. The average Bonchev–Trinajstić information content (AvgIpc) is 3.31. The van der Waals surface area contributed by atoms with Gasteiger partial charge >= 0.3 is 5.97 Å². The molecule has 3 saturated heterocycles. The van der Waals surface area contributed by atoms with Gasteiger partial charge in [-0.1, -0.05) is 58.0 Å². The molecule has 18 atom stereocenters. The lowest BCUT2D eigenvalue weighted by Gasteiger charge is -2.51. The summed E-state index contributed by atoms with van der Waals surface area (Å²) in [5.41, 5.74) is -2.28. The topological polar surface area (TPSA) is 197 Å². The molecular formula is C55H87N3O13. The number of benzene rings is 1. The van der Waals surface area contributed by atoms with Crippen molar-refractivity contribution in [3.8, 4) is 0 Å². The van der Waals surface area contributed by atoms with Crippen LogP contribution < -0.4 is 0 Å². The fraction of sp³-hybridized carbons (Fsp3) is 0.745. The number of para-hydroxylation sites is 1. The number of ether oxygens (including phenoxy) is 8. The van der Waals surface area contributed by atoms with E-state index in [2.05, 4.69) is 35.6 Å². The van der Waals surface area contributed by atoms with Gasteiger partial charge in [0.25, 0.3) is 0 Å². The highest BCUT2D eigenvalue weighted by Gasteiger charge is 2.54. The third-order valence-corrected chi connectivity index (χ3v) is 15.7. The van der Waals surface area contributed by atoms with E-state index in [4.69, 9.17) is 37.9 Å². The van der Waals surface area contributed by atoms with Crippen LogP contribution in [0.25, 0.3) is 17.0 Å². The van der Waals surface area contributed by atoms with Crippen LogP contribution in [0.3, 0.4) is 0 Å². The molecule has 0 aliphatic carbocycles. The summed E-state index contributed by atoms with van der Waals surface area (Å²) in [7, 11) is 5.08. The van der Waals surface area contributed by atoms with Gasteiger partial charge in [0, 0.05) is 68.3 Å². The number of likely N-dealkylation sites (N-methyl/N-ethyl adjacent to an activating group) is 1. The first-order valence-electron chi connectivity index (χ1n) is 25.6. The van der Waals surface area contributed by atoms with Crippen LogP contribution >= 0.6 is 0 Å².